The molecule has 0 unspecified atom stereocenters. The molecule has 0 N–H and O–H groups in total. The van der Waals surface area contributed by atoms with Gasteiger partial charge < -0.3 is 14.7 Å². The molecule has 0 saturated heterocycles. The molecule has 17 heavy (non-hydrogen) atoms. The van der Waals surface area contributed by atoms with Crippen LogP contribution in [0.1, 0.15) is 27.7 Å². The van der Waals surface area contributed by atoms with Gasteiger partial charge in [0.2, 0.25) is 6.41 Å². The Hall–Kier alpha value is -0.610. The minimum atomic E-state index is 0.840. The topological polar surface area (TPSA) is 26.8 Å². The number of rotatable bonds is 11. The van der Waals surface area contributed by atoms with Gasteiger partial charge in [-0.05, 0) is 26.2 Å². The van der Waals surface area contributed by atoms with Gasteiger partial charge >= 0.3 is 0 Å². The predicted molar refractivity (Wildman–Crippen MR) is 73.2 cm³/mol. The van der Waals surface area contributed by atoms with E-state index in [0.29, 0.717) is 0 Å². The Bertz CT molecular complexity index is 164. The maximum absolute atomic E-state index is 11.0. The maximum atomic E-state index is 11.0. The molecule has 0 heterocycles. The first-order valence-electron chi connectivity index (χ1n) is 6.85. The Morgan fingerprint density at radius 2 is 1.06 bits per heavy atom. The highest BCUT2D eigenvalue weighted by molar-refractivity contribution is 5.46. The molecule has 0 aliphatic heterocycles. The number of carbonyl (C=O) groups is 1. The SMILES string of the molecule is CCN(CC)CCN(C=O)CCN(CC)CC. The molecule has 0 aromatic rings. The molecule has 0 aliphatic carbocycles. The summed E-state index contributed by atoms with van der Waals surface area (Å²) in [5, 5.41) is 0. The van der Waals surface area contributed by atoms with Crippen LogP contribution in [-0.2, 0) is 4.79 Å². The summed E-state index contributed by atoms with van der Waals surface area (Å²) >= 11 is 0. The summed E-state index contributed by atoms with van der Waals surface area (Å²) < 4.78 is 0. The number of hydrogen-bond acceptors (Lipinski definition) is 3. The summed E-state index contributed by atoms with van der Waals surface area (Å²) in [7, 11) is 0. The van der Waals surface area contributed by atoms with Crippen LogP contribution in [0.3, 0.4) is 0 Å². The van der Waals surface area contributed by atoms with E-state index >= 15 is 0 Å². The summed E-state index contributed by atoms with van der Waals surface area (Å²) in [4.78, 5) is 17.5. The maximum Gasteiger partial charge on any atom is 0.209 e. The minimum Gasteiger partial charge on any atom is -0.343 e. The molecule has 0 fully saturated rings. The van der Waals surface area contributed by atoms with E-state index in [2.05, 4.69) is 37.5 Å². The van der Waals surface area contributed by atoms with E-state index in [4.69, 9.17) is 0 Å². The fourth-order valence-corrected chi connectivity index (χ4v) is 1.84. The lowest BCUT2D eigenvalue weighted by molar-refractivity contribution is -0.118. The normalized spacial score (nSPS) is 11.2. The largest absolute Gasteiger partial charge is 0.343 e. The Kier molecular flexibility index (Phi) is 10.2. The summed E-state index contributed by atoms with van der Waals surface area (Å²) in [6.07, 6.45) is 0.979. The number of amides is 1. The van der Waals surface area contributed by atoms with Gasteiger partial charge in [0.25, 0.3) is 0 Å². The Labute approximate surface area is 107 Å². The molecular formula is C13H29N3O. The van der Waals surface area contributed by atoms with Crippen molar-refractivity contribution in [1.29, 1.82) is 0 Å². The van der Waals surface area contributed by atoms with Gasteiger partial charge in [0.1, 0.15) is 0 Å². The molecular weight excluding hydrogens is 214 g/mol. The van der Waals surface area contributed by atoms with Crippen LogP contribution < -0.4 is 0 Å². The predicted octanol–water partition coefficient (Wildman–Crippen LogP) is 1.13. The summed E-state index contributed by atoms with van der Waals surface area (Å²) in [5.74, 6) is 0. The molecule has 0 rings (SSSR count). The molecule has 1 amide bonds. The minimum absolute atomic E-state index is 0.840. The summed E-state index contributed by atoms with van der Waals surface area (Å²) in [5.41, 5.74) is 0. The van der Waals surface area contributed by atoms with Crippen molar-refractivity contribution >= 4 is 6.41 Å². The molecule has 102 valence electrons. The van der Waals surface area contributed by atoms with E-state index in [1.807, 2.05) is 4.90 Å². The van der Waals surface area contributed by atoms with Gasteiger partial charge in [-0.2, -0.15) is 0 Å². The van der Waals surface area contributed by atoms with E-state index in [1.54, 1.807) is 0 Å². The first-order chi connectivity index (χ1) is 8.21. The second-order valence-electron chi connectivity index (χ2n) is 4.20. The van der Waals surface area contributed by atoms with Gasteiger partial charge in [-0.25, -0.2) is 0 Å². The standard InChI is InChI=1S/C13H29N3O/c1-5-14(6-2)9-11-16(13-17)12-10-15(7-3)8-4/h13H,5-12H2,1-4H3. The van der Waals surface area contributed by atoms with E-state index in [0.717, 1.165) is 58.8 Å². The molecule has 0 aliphatic rings. The van der Waals surface area contributed by atoms with Gasteiger partial charge in [0.15, 0.2) is 0 Å². The molecule has 0 aromatic heterocycles. The molecule has 0 aromatic carbocycles. The van der Waals surface area contributed by atoms with Crippen molar-refractivity contribution < 1.29 is 4.79 Å². The van der Waals surface area contributed by atoms with Crippen LogP contribution in [0.15, 0.2) is 0 Å². The summed E-state index contributed by atoms with van der Waals surface area (Å²) in [6.45, 7) is 16.5. The van der Waals surface area contributed by atoms with Crippen LogP contribution >= 0.6 is 0 Å². The Morgan fingerprint density at radius 1 is 0.706 bits per heavy atom. The van der Waals surface area contributed by atoms with Crippen molar-refractivity contribution in [2.75, 3.05) is 52.4 Å². The highest BCUT2D eigenvalue weighted by Crippen LogP contribution is 1.92. The molecule has 0 bridgehead atoms. The van der Waals surface area contributed by atoms with Crippen LogP contribution in [0.4, 0.5) is 0 Å². The van der Waals surface area contributed by atoms with E-state index < -0.39 is 0 Å². The third-order valence-corrected chi connectivity index (χ3v) is 3.34. The average molecular weight is 243 g/mol. The zero-order valence-corrected chi connectivity index (χ0v) is 12.0. The van der Waals surface area contributed by atoms with Crippen molar-refractivity contribution in [2.24, 2.45) is 0 Å². The van der Waals surface area contributed by atoms with Gasteiger partial charge in [-0.1, -0.05) is 27.7 Å². The van der Waals surface area contributed by atoms with Crippen molar-refractivity contribution in [3.8, 4) is 0 Å². The lowest BCUT2D eigenvalue weighted by Crippen LogP contribution is -2.39. The molecule has 0 spiro atoms. The van der Waals surface area contributed by atoms with E-state index in [-0.39, 0.29) is 0 Å². The summed E-state index contributed by atoms with van der Waals surface area (Å²) in [6, 6.07) is 0. The van der Waals surface area contributed by atoms with Crippen molar-refractivity contribution in [3.05, 3.63) is 0 Å². The number of hydrogen-bond donors (Lipinski definition) is 0. The lowest BCUT2D eigenvalue weighted by atomic mass is 10.4. The fraction of sp³-hybridized carbons (Fsp3) is 0.923. The van der Waals surface area contributed by atoms with Crippen LogP contribution in [0.25, 0.3) is 0 Å². The molecule has 0 atom stereocenters. The van der Waals surface area contributed by atoms with Gasteiger partial charge in [0.05, 0.1) is 0 Å². The number of likely N-dealkylation sites (N-methyl/N-ethyl adjacent to an activating group) is 2. The van der Waals surface area contributed by atoms with Crippen LogP contribution in [0.5, 0.6) is 0 Å². The van der Waals surface area contributed by atoms with Gasteiger partial charge in [-0.3, -0.25) is 4.79 Å². The monoisotopic (exact) mass is 243 g/mol. The number of nitrogens with zero attached hydrogens (tertiary/aromatic N) is 3. The molecule has 0 saturated carbocycles. The van der Waals surface area contributed by atoms with Crippen LogP contribution in [0.2, 0.25) is 0 Å². The highest BCUT2D eigenvalue weighted by Gasteiger charge is 2.06. The van der Waals surface area contributed by atoms with Crippen molar-refractivity contribution in [2.45, 2.75) is 27.7 Å². The second-order valence-corrected chi connectivity index (χ2v) is 4.20. The quantitative estimate of drug-likeness (QED) is 0.509. The Balaban J connectivity index is 3.86. The van der Waals surface area contributed by atoms with Crippen molar-refractivity contribution in [1.82, 2.24) is 14.7 Å². The van der Waals surface area contributed by atoms with Crippen molar-refractivity contribution in [3.63, 3.8) is 0 Å². The third kappa shape index (κ3) is 7.34. The first-order valence-corrected chi connectivity index (χ1v) is 6.85. The third-order valence-electron chi connectivity index (χ3n) is 3.34. The highest BCUT2D eigenvalue weighted by atomic mass is 16.1. The second kappa shape index (κ2) is 10.5. The lowest BCUT2D eigenvalue weighted by Gasteiger charge is -2.26. The van der Waals surface area contributed by atoms with Crippen LogP contribution in [-0.4, -0.2) is 73.5 Å². The van der Waals surface area contributed by atoms with Crippen LogP contribution in [0, 0.1) is 0 Å². The van der Waals surface area contributed by atoms with E-state index in [9.17, 15) is 4.79 Å². The number of carbonyl (C=O) groups excluding carboxylic acids is 1. The van der Waals surface area contributed by atoms with E-state index in [1.165, 1.54) is 0 Å². The van der Waals surface area contributed by atoms with Gasteiger partial charge in [0, 0.05) is 26.2 Å². The molecule has 4 heteroatoms. The average Bonchev–Trinajstić information content (AvgIpc) is 2.38. The zero-order valence-electron chi connectivity index (χ0n) is 12.0. The molecule has 4 nitrogen and oxygen atoms in total. The fourth-order valence-electron chi connectivity index (χ4n) is 1.84. The zero-order chi connectivity index (χ0) is 13.1. The smallest absolute Gasteiger partial charge is 0.209 e. The first kappa shape index (κ1) is 16.4. The molecule has 0 radical (unpaired) electrons. The van der Waals surface area contributed by atoms with Gasteiger partial charge in [-0.15, -0.1) is 0 Å². The Morgan fingerprint density at radius 3 is 1.29 bits per heavy atom.